The fraction of sp³-hybridized carbons (Fsp3) is 0.455. The first-order valence-corrected chi connectivity index (χ1v) is 5.78. The van der Waals surface area contributed by atoms with Crippen molar-refractivity contribution in [1.29, 1.82) is 0 Å². The van der Waals surface area contributed by atoms with Gasteiger partial charge >= 0.3 is 5.97 Å². The van der Waals surface area contributed by atoms with E-state index in [1.807, 2.05) is 0 Å². The van der Waals surface area contributed by atoms with Gasteiger partial charge in [0.2, 0.25) is 11.8 Å². The van der Waals surface area contributed by atoms with E-state index in [2.05, 4.69) is 15.7 Å². The molecule has 8 heteroatoms. The van der Waals surface area contributed by atoms with Gasteiger partial charge in [0.1, 0.15) is 6.04 Å². The van der Waals surface area contributed by atoms with Gasteiger partial charge in [0.05, 0.1) is 6.20 Å². The van der Waals surface area contributed by atoms with Crippen LogP contribution in [0, 0.1) is 0 Å². The van der Waals surface area contributed by atoms with E-state index in [1.54, 1.807) is 7.05 Å². The number of aromatic nitrogens is 2. The monoisotopic (exact) mass is 266 g/mol. The fourth-order valence-corrected chi connectivity index (χ4v) is 1.93. The highest BCUT2D eigenvalue weighted by atomic mass is 16.4. The number of carbonyl (C=O) groups excluding carboxylic acids is 2. The number of carboxylic acid groups (broad SMARTS) is 1. The van der Waals surface area contributed by atoms with Crippen molar-refractivity contribution < 1.29 is 19.5 Å². The number of hydrogen-bond acceptors (Lipinski definition) is 4. The molecule has 0 saturated carbocycles. The number of hydrogen-bond donors (Lipinski definition) is 3. The minimum Gasteiger partial charge on any atom is -0.479 e. The Balaban J connectivity index is 2.07. The number of aliphatic carboxylic acids is 1. The smallest absolute Gasteiger partial charge is 0.331 e. The van der Waals surface area contributed by atoms with Crippen molar-refractivity contribution in [2.45, 2.75) is 24.9 Å². The maximum absolute atomic E-state index is 11.9. The van der Waals surface area contributed by atoms with Crippen molar-refractivity contribution in [3.05, 3.63) is 18.0 Å². The molecule has 0 radical (unpaired) electrons. The Labute approximate surface area is 108 Å². The topological polar surface area (TPSA) is 113 Å². The van der Waals surface area contributed by atoms with Crippen LogP contribution in [-0.2, 0) is 21.4 Å². The first-order chi connectivity index (χ1) is 8.97. The molecule has 102 valence electrons. The summed E-state index contributed by atoms with van der Waals surface area (Å²) in [5, 5.41) is 17.9. The van der Waals surface area contributed by atoms with E-state index in [0.29, 0.717) is 12.0 Å². The molecule has 0 aromatic carbocycles. The van der Waals surface area contributed by atoms with Gasteiger partial charge in [-0.1, -0.05) is 0 Å². The van der Waals surface area contributed by atoms with Gasteiger partial charge in [0.15, 0.2) is 6.04 Å². The normalized spacial score (nSPS) is 19.8. The number of amides is 2. The van der Waals surface area contributed by atoms with Gasteiger partial charge in [-0.05, 0) is 6.42 Å². The van der Waals surface area contributed by atoms with Gasteiger partial charge in [-0.3, -0.25) is 14.3 Å². The molecule has 1 unspecified atom stereocenters. The summed E-state index contributed by atoms with van der Waals surface area (Å²) in [5.41, 5.74) is 0.382. The van der Waals surface area contributed by atoms with Crippen molar-refractivity contribution in [3.63, 3.8) is 0 Å². The van der Waals surface area contributed by atoms with Crippen LogP contribution in [0.1, 0.15) is 24.4 Å². The summed E-state index contributed by atoms with van der Waals surface area (Å²) in [6.45, 7) is 0. The molecule has 2 atom stereocenters. The van der Waals surface area contributed by atoms with Crippen LogP contribution in [0.3, 0.4) is 0 Å². The van der Waals surface area contributed by atoms with E-state index in [1.165, 1.54) is 17.1 Å². The Hall–Kier alpha value is -2.38. The average Bonchev–Trinajstić information content (AvgIpc) is 2.94. The average molecular weight is 266 g/mol. The maximum atomic E-state index is 11.9. The molecule has 2 rings (SSSR count). The zero-order chi connectivity index (χ0) is 14.0. The SMILES string of the molecule is Cn1cc(C(NC(=O)[C@H]2CCC(=O)N2)C(=O)O)cn1. The van der Waals surface area contributed by atoms with Crippen LogP contribution < -0.4 is 10.6 Å². The highest BCUT2D eigenvalue weighted by molar-refractivity contribution is 5.93. The number of rotatable bonds is 4. The predicted octanol–water partition coefficient (Wildman–Crippen LogP) is -1.06. The summed E-state index contributed by atoms with van der Waals surface area (Å²) in [6, 6.07) is -1.83. The van der Waals surface area contributed by atoms with Crippen LogP contribution in [-0.4, -0.2) is 38.7 Å². The molecule has 2 heterocycles. The Bertz CT molecular complexity index is 525. The number of carboxylic acids is 1. The maximum Gasteiger partial charge on any atom is 0.331 e. The zero-order valence-corrected chi connectivity index (χ0v) is 10.3. The summed E-state index contributed by atoms with van der Waals surface area (Å²) >= 11 is 0. The molecular formula is C11H14N4O4. The van der Waals surface area contributed by atoms with E-state index in [4.69, 9.17) is 5.11 Å². The number of nitrogens with one attached hydrogen (secondary N) is 2. The lowest BCUT2D eigenvalue weighted by Crippen LogP contribution is -2.44. The van der Waals surface area contributed by atoms with Gasteiger partial charge in [-0.15, -0.1) is 0 Å². The molecule has 1 aliphatic rings. The van der Waals surface area contributed by atoms with Gasteiger partial charge in [0.25, 0.3) is 0 Å². The van der Waals surface area contributed by atoms with Crippen molar-refractivity contribution in [2.75, 3.05) is 0 Å². The molecule has 1 aromatic heterocycles. The standard InChI is InChI=1S/C11H14N4O4/c1-15-5-6(4-12-15)9(11(18)19)14-10(17)7-2-3-8(16)13-7/h4-5,7,9H,2-3H2,1H3,(H,13,16)(H,14,17)(H,18,19)/t7-,9?/m1/s1. The third kappa shape index (κ3) is 2.90. The molecule has 1 fully saturated rings. The molecule has 2 amide bonds. The summed E-state index contributed by atoms with van der Waals surface area (Å²) < 4.78 is 1.45. The summed E-state index contributed by atoms with van der Waals surface area (Å²) in [6.07, 6.45) is 3.56. The predicted molar refractivity (Wildman–Crippen MR) is 62.9 cm³/mol. The van der Waals surface area contributed by atoms with E-state index in [9.17, 15) is 14.4 Å². The van der Waals surface area contributed by atoms with Gasteiger partial charge in [-0.25, -0.2) is 4.79 Å². The second-order valence-corrected chi connectivity index (χ2v) is 4.39. The first-order valence-electron chi connectivity index (χ1n) is 5.78. The van der Waals surface area contributed by atoms with E-state index in [-0.39, 0.29) is 12.3 Å². The second-order valence-electron chi connectivity index (χ2n) is 4.39. The highest BCUT2D eigenvalue weighted by Gasteiger charge is 2.31. The summed E-state index contributed by atoms with van der Waals surface area (Å²) in [4.78, 5) is 34.1. The first kappa shape index (κ1) is 13.1. The molecular weight excluding hydrogens is 252 g/mol. The van der Waals surface area contributed by atoms with Gasteiger partial charge < -0.3 is 15.7 Å². The quantitative estimate of drug-likeness (QED) is 0.643. The van der Waals surface area contributed by atoms with E-state index >= 15 is 0 Å². The molecule has 8 nitrogen and oxygen atoms in total. The van der Waals surface area contributed by atoms with Crippen molar-refractivity contribution in [1.82, 2.24) is 20.4 Å². The highest BCUT2D eigenvalue weighted by Crippen LogP contribution is 2.14. The molecule has 0 spiro atoms. The molecule has 0 bridgehead atoms. The molecule has 1 saturated heterocycles. The summed E-state index contributed by atoms with van der Waals surface area (Å²) in [5.74, 6) is -1.87. The molecule has 0 aliphatic carbocycles. The van der Waals surface area contributed by atoms with E-state index in [0.717, 1.165) is 0 Å². The van der Waals surface area contributed by atoms with Crippen molar-refractivity contribution in [3.8, 4) is 0 Å². The molecule has 1 aliphatic heterocycles. The van der Waals surface area contributed by atoms with Crippen LogP contribution in [0.15, 0.2) is 12.4 Å². The minimum absolute atomic E-state index is 0.201. The Morgan fingerprint density at radius 1 is 1.63 bits per heavy atom. The lowest BCUT2D eigenvalue weighted by Gasteiger charge is -2.16. The lowest BCUT2D eigenvalue weighted by molar-refractivity contribution is -0.142. The second kappa shape index (κ2) is 5.09. The number of carbonyl (C=O) groups is 3. The van der Waals surface area contributed by atoms with Crippen LogP contribution in [0.5, 0.6) is 0 Å². The van der Waals surface area contributed by atoms with E-state index < -0.39 is 24.0 Å². The van der Waals surface area contributed by atoms with Crippen LogP contribution >= 0.6 is 0 Å². The number of aryl methyl sites for hydroxylation is 1. The van der Waals surface area contributed by atoms with Crippen LogP contribution in [0.4, 0.5) is 0 Å². The van der Waals surface area contributed by atoms with Crippen molar-refractivity contribution >= 4 is 17.8 Å². The minimum atomic E-state index is -1.18. The third-order valence-corrected chi connectivity index (χ3v) is 2.90. The zero-order valence-electron chi connectivity index (χ0n) is 10.3. The molecule has 19 heavy (non-hydrogen) atoms. The number of nitrogens with zero attached hydrogens (tertiary/aromatic N) is 2. The fourth-order valence-electron chi connectivity index (χ4n) is 1.93. The Morgan fingerprint density at radius 3 is 2.84 bits per heavy atom. The Kier molecular flexibility index (Phi) is 3.50. The summed E-state index contributed by atoms with van der Waals surface area (Å²) in [7, 11) is 1.65. The van der Waals surface area contributed by atoms with Gasteiger partial charge in [0, 0.05) is 25.2 Å². The van der Waals surface area contributed by atoms with Crippen LogP contribution in [0.25, 0.3) is 0 Å². The third-order valence-electron chi connectivity index (χ3n) is 2.90. The lowest BCUT2D eigenvalue weighted by atomic mass is 10.1. The van der Waals surface area contributed by atoms with Crippen LogP contribution in [0.2, 0.25) is 0 Å². The molecule has 3 N–H and O–H groups in total. The Morgan fingerprint density at radius 2 is 2.37 bits per heavy atom. The largest absolute Gasteiger partial charge is 0.479 e. The van der Waals surface area contributed by atoms with Crippen molar-refractivity contribution in [2.24, 2.45) is 7.05 Å². The molecule has 1 aromatic rings. The van der Waals surface area contributed by atoms with Gasteiger partial charge in [-0.2, -0.15) is 5.10 Å².